The topological polar surface area (TPSA) is 401 Å². The third-order valence-electron chi connectivity index (χ3n) is 12.5. The van der Waals surface area contributed by atoms with Gasteiger partial charge >= 0.3 is 0 Å². The molecule has 1 aliphatic carbocycles. The van der Waals surface area contributed by atoms with Gasteiger partial charge in [-0.25, -0.2) is 0 Å². The van der Waals surface area contributed by atoms with Crippen molar-refractivity contribution in [2.45, 2.75) is 132 Å². The number of primary amides is 2. The highest BCUT2D eigenvalue weighted by molar-refractivity contribution is 8.76. The number of nitrogens with zero attached hydrogens (tertiary/aromatic N) is 4. The van der Waals surface area contributed by atoms with Gasteiger partial charge < -0.3 is 70.8 Å². The Labute approximate surface area is 421 Å². The summed E-state index contributed by atoms with van der Waals surface area (Å²) in [7, 11) is 4.05. The molecule has 1 saturated carbocycles. The SMILES string of the molecule is CN(C(=O)[C@H](CC1CCCCC1)NC(=O)[C@H](CCC(N)=O)NC(=O)[C@@H](CCCN=C(N)N)NC(=O)[C@@H](CCCN=C(N)N)NC(=O)[C@@H]1CCCN1C(=O)c1ccccc1)[C@H]1CSSC[C@@H](C(N)=O)NC1=O. The van der Waals surface area contributed by atoms with Gasteiger partial charge in [0.2, 0.25) is 47.3 Å². The van der Waals surface area contributed by atoms with Gasteiger partial charge in [0.15, 0.2) is 11.9 Å². The van der Waals surface area contributed by atoms with E-state index in [4.69, 9.17) is 34.4 Å². The summed E-state index contributed by atoms with van der Waals surface area (Å²) in [6.07, 6.45) is 5.22. The van der Waals surface area contributed by atoms with Crippen LogP contribution in [0.15, 0.2) is 40.3 Å². The smallest absolute Gasteiger partial charge is 0.254 e. The number of aliphatic imine (C=N–C) groups is 2. The number of guanidine groups is 2. The normalized spacial score (nSPS) is 19.9. The van der Waals surface area contributed by atoms with E-state index >= 15 is 0 Å². The summed E-state index contributed by atoms with van der Waals surface area (Å²) < 4.78 is 0. The molecule has 3 fully saturated rings. The minimum Gasteiger partial charge on any atom is -0.370 e. The number of likely N-dealkylation sites (tertiary alicyclic amines) is 1. The van der Waals surface area contributed by atoms with Crippen LogP contribution in [0.2, 0.25) is 0 Å². The van der Waals surface area contributed by atoms with Crippen molar-refractivity contribution in [2.24, 2.45) is 50.3 Å². The van der Waals surface area contributed by atoms with E-state index < -0.39 is 89.6 Å². The average Bonchev–Trinajstić information content (AvgIpc) is 3.83. The third kappa shape index (κ3) is 18.8. The van der Waals surface area contributed by atoms with E-state index in [1.165, 1.54) is 38.4 Å². The number of hydrogen-bond acceptors (Lipinski definition) is 13. The van der Waals surface area contributed by atoms with Crippen molar-refractivity contribution in [1.82, 2.24) is 36.4 Å². The van der Waals surface area contributed by atoms with Gasteiger partial charge in [-0.1, -0.05) is 71.9 Å². The molecule has 26 heteroatoms. The molecule has 0 spiro atoms. The highest BCUT2D eigenvalue weighted by Gasteiger charge is 2.39. The summed E-state index contributed by atoms with van der Waals surface area (Å²) in [5.74, 6) is -6.01. The summed E-state index contributed by atoms with van der Waals surface area (Å²) in [4.78, 5) is 133. The fourth-order valence-corrected chi connectivity index (χ4v) is 11.1. The van der Waals surface area contributed by atoms with Gasteiger partial charge in [-0.2, -0.15) is 0 Å². The summed E-state index contributed by atoms with van der Waals surface area (Å²) in [6, 6.07) is 0.340. The van der Waals surface area contributed by atoms with Crippen LogP contribution in [0.1, 0.15) is 100 Å². The van der Waals surface area contributed by atoms with Crippen molar-refractivity contribution in [3.05, 3.63) is 35.9 Å². The number of carbonyl (C=O) groups is 9. The lowest BCUT2D eigenvalue weighted by atomic mass is 9.84. The van der Waals surface area contributed by atoms with Gasteiger partial charge in [0.1, 0.15) is 42.3 Å². The van der Waals surface area contributed by atoms with E-state index in [1.807, 2.05) is 0 Å². The molecule has 1 aromatic carbocycles. The quantitative estimate of drug-likeness (QED) is 0.0214. The van der Waals surface area contributed by atoms with Gasteiger partial charge in [-0.3, -0.25) is 53.1 Å². The second-order valence-electron chi connectivity index (χ2n) is 17.9. The van der Waals surface area contributed by atoms with E-state index in [9.17, 15) is 43.2 Å². The maximum absolute atomic E-state index is 14.4. The number of nitrogens with two attached hydrogens (primary N) is 6. The van der Waals surface area contributed by atoms with Crippen LogP contribution in [0.3, 0.4) is 0 Å². The molecule has 0 unspecified atom stereocenters. The predicted molar refractivity (Wildman–Crippen MR) is 270 cm³/mol. The molecule has 2 saturated heterocycles. The molecule has 24 nitrogen and oxygen atoms in total. The fraction of sp³-hybridized carbons (Fsp3) is 0.622. The minimum atomic E-state index is -1.46. The highest BCUT2D eigenvalue weighted by Crippen LogP contribution is 2.30. The monoisotopic (exact) mass is 1030 g/mol. The minimum absolute atomic E-state index is 0.0102. The fourth-order valence-electron chi connectivity index (χ4n) is 8.65. The first-order valence-electron chi connectivity index (χ1n) is 23.9. The van der Waals surface area contributed by atoms with Crippen molar-refractivity contribution < 1.29 is 43.2 Å². The Balaban J connectivity index is 1.59. The number of rotatable bonds is 25. The van der Waals surface area contributed by atoms with E-state index in [-0.39, 0.29) is 93.3 Å². The molecule has 17 N–H and O–H groups in total. The van der Waals surface area contributed by atoms with Crippen LogP contribution in [0.5, 0.6) is 0 Å². The van der Waals surface area contributed by atoms with Crippen LogP contribution < -0.4 is 61.0 Å². The van der Waals surface area contributed by atoms with Crippen LogP contribution in [0, 0.1) is 5.92 Å². The maximum Gasteiger partial charge on any atom is 0.254 e. The molecule has 1 aromatic rings. The molecule has 2 aliphatic heterocycles. The van der Waals surface area contributed by atoms with Gasteiger partial charge in [0.25, 0.3) is 5.91 Å². The molecular weight excluding hydrogens is 959 g/mol. The lowest BCUT2D eigenvalue weighted by Gasteiger charge is -2.34. The number of carbonyl (C=O) groups excluding carboxylic acids is 9. The Bertz CT molecular complexity index is 2090. The van der Waals surface area contributed by atoms with Crippen LogP contribution in [-0.2, 0) is 38.4 Å². The van der Waals surface area contributed by atoms with E-state index in [1.54, 1.807) is 30.3 Å². The molecule has 0 aromatic heterocycles. The first-order chi connectivity index (χ1) is 33.9. The Morgan fingerprint density at radius 2 is 1.27 bits per heavy atom. The summed E-state index contributed by atoms with van der Waals surface area (Å²) >= 11 is 0. The first kappa shape index (κ1) is 57.3. The molecule has 0 radical (unpaired) electrons. The Kier molecular flexibility index (Phi) is 23.5. The van der Waals surface area contributed by atoms with Gasteiger partial charge in [0, 0.05) is 50.2 Å². The molecule has 392 valence electrons. The second kappa shape index (κ2) is 29.1. The molecular formula is C45H71N15O9S2. The van der Waals surface area contributed by atoms with Crippen LogP contribution in [0.4, 0.5) is 0 Å². The van der Waals surface area contributed by atoms with Crippen molar-refractivity contribution in [2.75, 3.05) is 38.2 Å². The molecule has 7 atom stereocenters. The lowest BCUT2D eigenvalue weighted by molar-refractivity contribution is -0.142. The summed E-state index contributed by atoms with van der Waals surface area (Å²) in [5.41, 5.74) is 33.6. The zero-order valence-corrected chi connectivity index (χ0v) is 41.8. The average molecular weight is 1030 g/mol. The Hall–Kier alpha value is -6.31. The van der Waals surface area contributed by atoms with Gasteiger partial charge in [-0.15, -0.1) is 0 Å². The van der Waals surface area contributed by atoms with Gasteiger partial charge in [-0.05, 0) is 69.4 Å². The predicted octanol–water partition coefficient (Wildman–Crippen LogP) is -2.23. The third-order valence-corrected chi connectivity index (χ3v) is 14.9. The van der Waals surface area contributed by atoms with E-state index in [2.05, 4.69) is 36.6 Å². The number of nitrogens with one attached hydrogen (secondary N) is 5. The molecule has 0 bridgehead atoms. The molecule has 3 aliphatic rings. The van der Waals surface area contributed by atoms with Crippen molar-refractivity contribution in [1.29, 1.82) is 0 Å². The van der Waals surface area contributed by atoms with Crippen molar-refractivity contribution in [3.63, 3.8) is 0 Å². The van der Waals surface area contributed by atoms with E-state index in [0.717, 1.165) is 32.1 Å². The molecule has 4 rings (SSSR count). The van der Waals surface area contributed by atoms with Crippen LogP contribution >= 0.6 is 21.6 Å². The van der Waals surface area contributed by atoms with Gasteiger partial charge in [0.05, 0.1) is 0 Å². The number of likely N-dealkylation sites (N-methyl/N-ethyl adjacent to an activating group) is 1. The van der Waals surface area contributed by atoms with Crippen LogP contribution in [-0.4, -0.2) is 155 Å². The number of benzene rings is 1. The first-order valence-corrected chi connectivity index (χ1v) is 26.4. The van der Waals surface area contributed by atoms with Crippen molar-refractivity contribution >= 4 is 86.7 Å². The summed E-state index contributed by atoms with van der Waals surface area (Å²) in [6.45, 7) is 0.471. The zero-order valence-electron chi connectivity index (χ0n) is 40.2. The Morgan fingerprint density at radius 3 is 1.83 bits per heavy atom. The molecule has 9 amide bonds. The Morgan fingerprint density at radius 1 is 0.718 bits per heavy atom. The van der Waals surface area contributed by atoms with E-state index in [0.29, 0.717) is 24.9 Å². The highest BCUT2D eigenvalue weighted by atomic mass is 33.1. The second-order valence-corrected chi connectivity index (χ2v) is 20.5. The molecule has 2 heterocycles. The lowest BCUT2D eigenvalue weighted by Crippen LogP contribution is -2.61. The zero-order chi connectivity index (χ0) is 52.0. The maximum atomic E-state index is 14.4. The number of amides is 9. The standard InChI is InChI=1S/C45H71N15O9S2/c1-59(34-25-71-70-24-32(36(47)62)58-41(34)67)43(69)31(23-26-11-4-2-5-12-26)57-39(65)30(18-19-35(46)61)55-37(63)28(15-8-20-52-44(48)49)54-38(64)29(16-9-21-53-45(50)51)56-40(66)33-17-10-22-60(33)42(68)27-13-6-3-7-14-27/h3,6-7,13-14,26,28-34H,2,4-5,8-12,15-25H2,1H3,(H2,46,61)(H2,47,62)(H,54,64)(H,55,63)(H,56,66)(H,57,65)(H,58,67)(H4,48,49,52)(H4,50,51,53)/t28-,29-,30+,31+,32+,33+,34+/m1/s1. The van der Waals surface area contributed by atoms with Crippen LogP contribution in [0.25, 0.3) is 0 Å². The summed E-state index contributed by atoms with van der Waals surface area (Å²) in [5, 5.41) is 13.6. The molecule has 71 heavy (non-hydrogen) atoms. The largest absolute Gasteiger partial charge is 0.370 e. The van der Waals surface area contributed by atoms with Crippen molar-refractivity contribution in [3.8, 4) is 0 Å². The number of hydrogen-bond donors (Lipinski definition) is 11.